The Labute approximate surface area is 86.7 Å². The molecular formula is C9H11ClN4. The van der Waals surface area contributed by atoms with Crippen molar-refractivity contribution in [1.82, 2.24) is 20.3 Å². The monoisotopic (exact) mass is 210 g/mol. The van der Waals surface area contributed by atoms with E-state index in [9.17, 15) is 0 Å². The number of rotatable bonds is 3. The van der Waals surface area contributed by atoms with E-state index in [2.05, 4.69) is 20.3 Å². The van der Waals surface area contributed by atoms with E-state index in [0.717, 1.165) is 17.1 Å². The van der Waals surface area contributed by atoms with Crippen LogP contribution in [0.4, 0.5) is 0 Å². The third kappa shape index (κ3) is 1.66. The minimum Gasteiger partial charge on any atom is -0.367 e. The maximum atomic E-state index is 6.01. The van der Waals surface area contributed by atoms with E-state index >= 15 is 0 Å². The van der Waals surface area contributed by atoms with Gasteiger partial charge in [-0.2, -0.15) is 0 Å². The molecule has 0 aliphatic rings. The fourth-order valence-electron chi connectivity index (χ4n) is 1.31. The summed E-state index contributed by atoms with van der Waals surface area (Å²) in [4.78, 5) is 10.4. The zero-order valence-electron chi connectivity index (χ0n) is 7.76. The number of nitrogens with zero attached hydrogens (tertiary/aromatic N) is 1. The van der Waals surface area contributed by atoms with Crippen molar-refractivity contribution >= 4 is 11.6 Å². The van der Waals surface area contributed by atoms with Gasteiger partial charge < -0.3 is 15.3 Å². The average Bonchev–Trinajstić information content (AvgIpc) is 2.74. The molecule has 0 aromatic carbocycles. The Morgan fingerprint density at radius 1 is 1.57 bits per heavy atom. The number of aromatic amines is 2. The highest BCUT2D eigenvalue weighted by atomic mass is 35.5. The fourth-order valence-corrected chi connectivity index (χ4v) is 1.57. The highest BCUT2D eigenvalue weighted by Gasteiger charge is 2.09. The van der Waals surface area contributed by atoms with Gasteiger partial charge >= 0.3 is 0 Å². The van der Waals surface area contributed by atoms with Gasteiger partial charge in [0.25, 0.3) is 0 Å². The lowest BCUT2D eigenvalue weighted by atomic mass is 10.3. The Hall–Kier alpha value is -1.26. The molecule has 74 valence electrons. The Morgan fingerprint density at radius 2 is 2.43 bits per heavy atom. The number of halogens is 1. The summed E-state index contributed by atoms with van der Waals surface area (Å²) in [6, 6.07) is 1.94. The normalized spacial score (nSPS) is 10.7. The molecule has 2 heterocycles. The van der Waals surface area contributed by atoms with Crippen LogP contribution in [0.1, 0.15) is 5.82 Å². The van der Waals surface area contributed by atoms with E-state index in [1.165, 1.54) is 0 Å². The van der Waals surface area contributed by atoms with Crippen LogP contribution in [0.5, 0.6) is 0 Å². The molecule has 0 amide bonds. The fraction of sp³-hybridized carbons (Fsp3) is 0.222. The summed E-state index contributed by atoms with van der Waals surface area (Å²) in [6.07, 6.45) is 3.71. The topological polar surface area (TPSA) is 56.5 Å². The Bertz CT molecular complexity index is 404. The van der Waals surface area contributed by atoms with E-state index in [0.29, 0.717) is 11.7 Å². The van der Waals surface area contributed by atoms with Gasteiger partial charge in [0.05, 0.1) is 6.54 Å². The summed E-state index contributed by atoms with van der Waals surface area (Å²) >= 11 is 6.01. The zero-order chi connectivity index (χ0) is 9.97. The van der Waals surface area contributed by atoms with Crippen LogP contribution in [0.2, 0.25) is 5.15 Å². The van der Waals surface area contributed by atoms with Crippen LogP contribution in [-0.4, -0.2) is 22.0 Å². The third-order valence-electron chi connectivity index (χ3n) is 1.92. The second-order valence-electron chi connectivity index (χ2n) is 2.98. The number of hydrogen-bond donors (Lipinski definition) is 3. The Balaban J connectivity index is 2.35. The lowest BCUT2D eigenvalue weighted by molar-refractivity contribution is 0.772. The molecule has 14 heavy (non-hydrogen) atoms. The van der Waals surface area contributed by atoms with Gasteiger partial charge in [-0.15, -0.1) is 0 Å². The van der Waals surface area contributed by atoms with Crippen molar-refractivity contribution in [2.45, 2.75) is 6.54 Å². The molecule has 0 unspecified atom stereocenters. The predicted octanol–water partition coefficient (Wildman–Crippen LogP) is 1.78. The van der Waals surface area contributed by atoms with E-state index in [4.69, 9.17) is 11.6 Å². The Morgan fingerprint density at radius 3 is 3.07 bits per heavy atom. The minimum absolute atomic E-state index is 0.579. The largest absolute Gasteiger partial charge is 0.367 e. The van der Waals surface area contributed by atoms with E-state index in [-0.39, 0.29) is 0 Å². The van der Waals surface area contributed by atoms with Crippen LogP contribution in [-0.2, 0) is 6.54 Å². The van der Waals surface area contributed by atoms with Crippen molar-refractivity contribution in [2.75, 3.05) is 7.05 Å². The number of imidazole rings is 1. The van der Waals surface area contributed by atoms with Crippen molar-refractivity contribution in [3.8, 4) is 11.3 Å². The molecule has 0 aliphatic carbocycles. The number of H-pyrrole nitrogens is 2. The molecule has 0 aliphatic heterocycles. The molecule has 0 spiro atoms. The lowest BCUT2D eigenvalue weighted by Crippen LogP contribution is -2.06. The summed E-state index contributed by atoms with van der Waals surface area (Å²) in [5, 5.41) is 3.59. The molecule has 0 radical (unpaired) electrons. The molecule has 4 nitrogen and oxygen atoms in total. The summed E-state index contributed by atoms with van der Waals surface area (Å²) in [5.41, 5.74) is 1.78. The molecule has 2 aromatic heterocycles. The van der Waals surface area contributed by atoms with E-state index in [1.807, 2.05) is 25.5 Å². The molecule has 3 N–H and O–H groups in total. The van der Waals surface area contributed by atoms with Crippen molar-refractivity contribution in [1.29, 1.82) is 0 Å². The second-order valence-corrected chi connectivity index (χ2v) is 3.35. The van der Waals surface area contributed by atoms with Gasteiger partial charge in [-0.05, 0) is 13.1 Å². The standard InChI is InChI=1S/C9H11ClN4/c1-11-5-7-13-8(9(10)14-7)6-2-3-12-4-6/h2-4,11-12H,5H2,1H3,(H,13,14). The van der Waals surface area contributed by atoms with Crippen molar-refractivity contribution in [2.24, 2.45) is 0 Å². The maximum absolute atomic E-state index is 6.01. The van der Waals surface area contributed by atoms with Crippen LogP contribution in [0, 0.1) is 0 Å². The highest BCUT2D eigenvalue weighted by molar-refractivity contribution is 6.31. The van der Waals surface area contributed by atoms with Gasteiger partial charge in [0.15, 0.2) is 0 Å². The second kappa shape index (κ2) is 3.86. The SMILES string of the molecule is CNCc1nc(-c2cc[nH]c2)c(Cl)[nH]1. The predicted molar refractivity (Wildman–Crippen MR) is 56.1 cm³/mol. The first-order chi connectivity index (χ1) is 6.81. The van der Waals surface area contributed by atoms with Gasteiger partial charge in [0.1, 0.15) is 16.7 Å². The number of aromatic nitrogens is 3. The first-order valence-corrected chi connectivity index (χ1v) is 4.71. The van der Waals surface area contributed by atoms with E-state index < -0.39 is 0 Å². The number of hydrogen-bond acceptors (Lipinski definition) is 2. The number of nitrogens with one attached hydrogen (secondary N) is 3. The van der Waals surface area contributed by atoms with Crippen LogP contribution < -0.4 is 5.32 Å². The van der Waals surface area contributed by atoms with Crippen molar-refractivity contribution in [3.05, 3.63) is 29.4 Å². The minimum atomic E-state index is 0.579. The summed E-state index contributed by atoms with van der Waals surface area (Å²) in [5.74, 6) is 0.841. The quantitative estimate of drug-likeness (QED) is 0.724. The lowest BCUT2D eigenvalue weighted by Gasteiger charge is -1.91. The molecule has 0 atom stereocenters. The molecule has 0 fully saturated rings. The van der Waals surface area contributed by atoms with Gasteiger partial charge in [0, 0.05) is 18.0 Å². The first-order valence-electron chi connectivity index (χ1n) is 4.33. The van der Waals surface area contributed by atoms with Crippen molar-refractivity contribution in [3.63, 3.8) is 0 Å². The molecule has 0 saturated heterocycles. The molecule has 5 heteroatoms. The van der Waals surface area contributed by atoms with Crippen molar-refractivity contribution < 1.29 is 0 Å². The average molecular weight is 211 g/mol. The van der Waals surface area contributed by atoms with Gasteiger partial charge in [-0.3, -0.25) is 0 Å². The summed E-state index contributed by atoms with van der Waals surface area (Å²) in [6.45, 7) is 0.685. The Kier molecular flexibility index (Phi) is 2.56. The summed E-state index contributed by atoms with van der Waals surface area (Å²) < 4.78 is 0. The van der Waals surface area contributed by atoms with Gasteiger partial charge in [-0.1, -0.05) is 11.6 Å². The van der Waals surface area contributed by atoms with Crippen LogP contribution >= 0.6 is 11.6 Å². The molecule has 0 bridgehead atoms. The highest BCUT2D eigenvalue weighted by Crippen LogP contribution is 2.24. The van der Waals surface area contributed by atoms with Crippen LogP contribution in [0.15, 0.2) is 18.5 Å². The van der Waals surface area contributed by atoms with E-state index in [1.54, 1.807) is 0 Å². The van der Waals surface area contributed by atoms with Crippen LogP contribution in [0.25, 0.3) is 11.3 Å². The smallest absolute Gasteiger partial charge is 0.134 e. The van der Waals surface area contributed by atoms with Gasteiger partial charge in [0.2, 0.25) is 0 Å². The van der Waals surface area contributed by atoms with Crippen LogP contribution in [0.3, 0.4) is 0 Å². The first kappa shape index (κ1) is 9.30. The molecule has 2 rings (SSSR count). The third-order valence-corrected chi connectivity index (χ3v) is 2.20. The molecular weight excluding hydrogens is 200 g/mol. The molecule has 0 saturated carbocycles. The summed E-state index contributed by atoms with van der Waals surface area (Å²) in [7, 11) is 1.87. The molecule has 2 aromatic rings. The van der Waals surface area contributed by atoms with Gasteiger partial charge in [-0.25, -0.2) is 4.98 Å². The maximum Gasteiger partial charge on any atom is 0.134 e. The zero-order valence-corrected chi connectivity index (χ0v) is 8.52.